The Morgan fingerprint density at radius 2 is 2.09 bits per heavy atom. The van der Waals surface area contributed by atoms with E-state index in [9.17, 15) is 0 Å². The summed E-state index contributed by atoms with van der Waals surface area (Å²) in [7, 11) is 2.10. The predicted molar refractivity (Wildman–Crippen MR) is 94.4 cm³/mol. The lowest BCUT2D eigenvalue weighted by molar-refractivity contribution is 0.182. The van der Waals surface area contributed by atoms with Crippen molar-refractivity contribution in [2.75, 3.05) is 31.6 Å². The van der Waals surface area contributed by atoms with E-state index < -0.39 is 0 Å². The van der Waals surface area contributed by atoms with Gasteiger partial charge in [-0.1, -0.05) is 13.0 Å². The number of hydrogen-bond acceptors (Lipinski definition) is 4. The van der Waals surface area contributed by atoms with E-state index >= 15 is 0 Å². The average Bonchev–Trinajstić information content (AvgIpc) is 2.81. The van der Waals surface area contributed by atoms with E-state index in [1.165, 1.54) is 31.4 Å². The molecular weight excluding hydrogens is 272 g/mol. The van der Waals surface area contributed by atoms with Crippen LogP contribution in [0.25, 0.3) is 0 Å². The number of aromatic nitrogens is 1. The molecule has 1 fully saturated rings. The van der Waals surface area contributed by atoms with Crippen LogP contribution < -0.4 is 10.2 Å². The highest BCUT2D eigenvalue weighted by Crippen LogP contribution is 2.18. The number of nitrogens with zero attached hydrogens (tertiary/aromatic N) is 3. The molecule has 0 saturated carbocycles. The number of rotatable bonds is 6. The fraction of sp³-hybridized carbons (Fsp3) is 0.722. The maximum Gasteiger partial charge on any atom is 0.128 e. The van der Waals surface area contributed by atoms with Crippen LogP contribution in [0.15, 0.2) is 18.3 Å². The largest absolute Gasteiger partial charge is 0.357 e. The van der Waals surface area contributed by atoms with Crippen molar-refractivity contribution < 1.29 is 0 Å². The van der Waals surface area contributed by atoms with Crippen molar-refractivity contribution in [2.45, 2.75) is 58.7 Å². The molecule has 0 radical (unpaired) electrons. The molecule has 22 heavy (non-hydrogen) atoms. The van der Waals surface area contributed by atoms with Crippen LogP contribution in [-0.4, -0.2) is 48.6 Å². The second-order valence-electron chi connectivity index (χ2n) is 6.63. The van der Waals surface area contributed by atoms with Gasteiger partial charge in [0.25, 0.3) is 0 Å². The molecule has 4 heteroatoms. The first-order valence-corrected chi connectivity index (χ1v) is 8.74. The van der Waals surface area contributed by atoms with Crippen LogP contribution in [-0.2, 0) is 6.54 Å². The van der Waals surface area contributed by atoms with Gasteiger partial charge in [-0.3, -0.25) is 4.90 Å². The van der Waals surface area contributed by atoms with Gasteiger partial charge in [0.15, 0.2) is 0 Å². The summed E-state index contributed by atoms with van der Waals surface area (Å²) >= 11 is 0. The Morgan fingerprint density at radius 3 is 2.73 bits per heavy atom. The van der Waals surface area contributed by atoms with E-state index in [1.807, 2.05) is 6.20 Å². The molecule has 1 saturated heterocycles. The second kappa shape index (κ2) is 8.49. The zero-order valence-corrected chi connectivity index (χ0v) is 14.7. The zero-order valence-electron chi connectivity index (χ0n) is 14.7. The van der Waals surface area contributed by atoms with Crippen LogP contribution in [0.1, 0.15) is 45.6 Å². The van der Waals surface area contributed by atoms with Crippen LogP contribution >= 0.6 is 0 Å². The molecule has 1 atom stereocenters. The van der Waals surface area contributed by atoms with Crippen LogP contribution in [0.4, 0.5) is 5.82 Å². The van der Waals surface area contributed by atoms with Crippen molar-refractivity contribution in [1.29, 1.82) is 0 Å². The monoisotopic (exact) mass is 304 g/mol. The average molecular weight is 304 g/mol. The van der Waals surface area contributed by atoms with E-state index in [4.69, 9.17) is 0 Å². The fourth-order valence-electron chi connectivity index (χ4n) is 3.08. The van der Waals surface area contributed by atoms with E-state index in [0.717, 1.165) is 25.5 Å². The number of pyridine rings is 1. The van der Waals surface area contributed by atoms with Gasteiger partial charge in [-0.05, 0) is 64.4 Å². The SMILES string of the molecule is CCN(Cc1ccc(N(C)C(C)C)nc1)C1CCCNCC1. The first-order chi connectivity index (χ1) is 10.6. The highest BCUT2D eigenvalue weighted by atomic mass is 15.2. The maximum atomic E-state index is 4.64. The molecule has 1 unspecified atom stereocenters. The summed E-state index contributed by atoms with van der Waals surface area (Å²) < 4.78 is 0. The topological polar surface area (TPSA) is 31.4 Å². The molecular formula is C18H32N4. The van der Waals surface area contributed by atoms with E-state index in [2.05, 4.69) is 60.1 Å². The summed E-state index contributed by atoms with van der Waals surface area (Å²) in [6.45, 7) is 11.1. The lowest BCUT2D eigenvalue weighted by Gasteiger charge is -2.30. The van der Waals surface area contributed by atoms with Crippen LogP contribution in [0, 0.1) is 0 Å². The number of hydrogen-bond donors (Lipinski definition) is 1. The molecule has 1 aromatic heterocycles. The standard InChI is InChI=1S/C18H32N4/c1-5-22(17-7-6-11-19-12-10-17)14-16-8-9-18(20-13-16)21(4)15(2)3/h8-9,13,15,17,19H,5-7,10-12,14H2,1-4H3. The van der Waals surface area contributed by atoms with Crippen molar-refractivity contribution >= 4 is 5.82 Å². The number of nitrogens with one attached hydrogen (secondary N) is 1. The van der Waals surface area contributed by atoms with Gasteiger partial charge in [0.1, 0.15) is 5.82 Å². The zero-order chi connectivity index (χ0) is 15.9. The van der Waals surface area contributed by atoms with Crippen LogP contribution in [0.3, 0.4) is 0 Å². The Kier molecular flexibility index (Phi) is 6.65. The van der Waals surface area contributed by atoms with Gasteiger partial charge in [-0.2, -0.15) is 0 Å². The fourth-order valence-corrected chi connectivity index (χ4v) is 3.08. The highest BCUT2D eigenvalue weighted by Gasteiger charge is 2.19. The molecule has 1 aromatic rings. The quantitative estimate of drug-likeness (QED) is 0.875. The summed E-state index contributed by atoms with van der Waals surface area (Å²) in [5, 5.41) is 3.51. The molecule has 1 aliphatic heterocycles. The molecule has 2 heterocycles. The van der Waals surface area contributed by atoms with Crippen molar-refractivity contribution in [2.24, 2.45) is 0 Å². The molecule has 0 spiro atoms. The summed E-state index contributed by atoms with van der Waals surface area (Å²) in [6, 6.07) is 5.57. The predicted octanol–water partition coefficient (Wildman–Crippen LogP) is 2.89. The molecule has 2 rings (SSSR count). The summed E-state index contributed by atoms with van der Waals surface area (Å²) in [4.78, 5) is 9.45. The first kappa shape index (κ1) is 17.2. The van der Waals surface area contributed by atoms with Crippen LogP contribution in [0.2, 0.25) is 0 Å². The summed E-state index contributed by atoms with van der Waals surface area (Å²) in [5.41, 5.74) is 1.32. The van der Waals surface area contributed by atoms with Gasteiger partial charge in [-0.15, -0.1) is 0 Å². The van der Waals surface area contributed by atoms with Gasteiger partial charge in [0.05, 0.1) is 0 Å². The Balaban J connectivity index is 1.98. The summed E-state index contributed by atoms with van der Waals surface area (Å²) in [6.07, 6.45) is 5.90. The minimum absolute atomic E-state index is 0.476. The van der Waals surface area contributed by atoms with Crippen molar-refractivity contribution in [3.05, 3.63) is 23.9 Å². The molecule has 0 aromatic carbocycles. The molecule has 0 aliphatic carbocycles. The normalized spacial score (nSPS) is 19.5. The first-order valence-electron chi connectivity index (χ1n) is 8.74. The minimum atomic E-state index is 0.476. The Morgan fingerprint density at radius 1 is 1.27 bits per heavy atom. The Hall–Kier alpha value is -1.13. The molecule has 4 nitrogen and oxygen atoms in total. The summed E-state index contributed by atoms with van der Waals surface area (Å²) in [5.74, 6) is 1.06. The lowest BCUT2D eigenvalue weighted by atomic mass is 10.1. The van der Waals surface area contributed by atoms with Crippen molar-refractivity contribution in [3.8, 4) is 0 Å². The van der Waals surface area contributed by atoms with Gasteiger partial charge in [-0.25, -0.2) is 4.98 Å². The minimum Gasteiger partial charge on any atom is -0.357 e. The molecule has 0 bridgehead atoms. The van der Waals surface area contributed by atoms with E-state index in [1.54, 1.807) is 0 Å². The van der Waals surface area contributed by atoms with Gasteiger partial charge < -0.3 is 10.2 Å². The molecule has 0 amide bonds. The third-order valence-corrected chi connectivity index (χ3v) is 4.80. The van der Waals surface area contributed by atoms with Crippen molar-refractivity contribution in [3.63, 3.8) is 0 Å². The Bertz CT molecular complexity index is 421. The maximum absolute atomic E-state index is 4.64. The van der Waals surface area contributed by atoms with E-state index in [-0.39, 0.29) is 0 Å². The van der Waals surface area contributed by atoms with E-state index in [0.29, 0.717) is 12.1 Å². The number of anilines is 1. The third kappa shape index (κ3) is 4.68. The van der Waals surface area contributed by atoms with Gasteiger partial charge >= 0.3 is 0 Å². The van der Waals surface area contributed by atoms with Gasteiger partial charge in [0.2, 0.25) is 0 Å². The lowest BCUT2D eigenvalue weighted by Crippen LogP contribution is -2.35. The van der Waals surface area contributed by atoms with Crippen LogP contribution in [0.5, 0.6) is 0 Å². The van der Waals surface area contributed by atoms with Crippen molar-refractivity contribution in [1.82, 2.24) is 15.2 Å². The highest BCUT2D eigenvalue weighted by molar-refractivity contribution is 5.39. The third-order valence-electron chi connectivity index (χ3n) is 4.80. The second-order valence-corrected chi connectivity index (χ2v) is 6.63. The molecule has 1 aliphatic rings. The molecule has 124 valence electrons. The van der Waals surface area contributed by atoms with Gasteiger partial charge in [0, 0.05) is 31.9 Å². The smallest absolute Gasteiger partial charge is 0.128 e. The molecule has 1 N–H and O–H groups in total. The Labute approximate surface area is 135 Å².